The summed E-state index contributed by atoms with van der Waals surface area (Å²) < 4.78 is 5.36. The average molecular weight is 170 g/mol. The molecule has 2 nitrogen and oxygen atoms in total. The van der Waals surface area contributed by atoms with E-state index in [1.807, 2.05) is 0 Å². The van der Waals surface area contributed by atoms with Crippen LogP contribution in [0.1, 0.15) is 33.1 Å². The third-order valence-corrected chi connectivity index (χ3v) is 2.84. The van der Waals surface area contributed by atoms with E-state index in [0.29, 0.717) is 12.1 Å². The third kappa shape index (κ3) is 2.20. The molecular weight excluding hydrogens is 150 g/mol. The number of hydrogen-bond donors (Lipinski definition) is 0. The molecule has 1 radical (unpaired) electrons. The number of likely N-dealkylation sites (tertiary alicyclic amines) is 1. The van der Waals surface area contributed by atoms with Crippen LogP contribution in [0.15, 0.2) is 0 Å². The number of hydrogen-bond acceptors (Lipinski definition) is 2. The summed E-state index contributed by atoms with van der Waals surface area (Å²) in [5.41, 5.74) is 0. The monoisotopic (exact) mass is 170 g/mol. The van der Waals surface area contributed by atoms with E-state index in [2.05, 4.69) is 25.3 Å². The lowest BCUT2D eigenvalue weighted by Crippen LogP contribution is -2.44. The Hall–Kier alpha value is -0.0800. The lowest BCUT2D eigenvalue weighted by molar-refractivity contribution is 0.0207. The van der Waals surface area contributed by atoms with Gasteiger partial charge in [-0.2, -0.15) is 0 Å². The van der Waals surface area contributed by atoms with E-state index in [1.165, 1.54) is 25.8 Å². The standard InChI is InChI=1S/C10H20NO/c1-4-11-8-6-5-7-10(11)9(2)12-3/h4,9-10H,5-8H2,1-3H3. The summed E-state index contributed by atoms with van der Waals surface area (Å²) in [6.45, 7) is 7.67. The highest BCUT2D eigenvalue weighted by molar-refractivity contribution is 4.84. The minimum atomic E-state index is 0.362. The number of methoxy groups -OCH3 is 1. The largest absolute Gasteiger partial charge is 0.380 e. The molecule has 0 N–H and O–H groups in total. The van der Waals surface area contributed by atoms with Crippen molar-refractivity contribution in [2.24, 2.45) is 0 Å². The van der Waals surface area contributed by atoms with Crippen LogP contribution >= 0.6 is 0 Å². The van der Waals surface area contributed by atoms with E-state index in [-0.39, 0.29) is 0 Å². The van der Waals surface area contributed by atoms with Crippen LogP contribution in [-0.2, 0) is 4.74 Å². The molecule has 0 aromatic rings. The fourth-order valence-electron chi connectivity index (χ4n) is 1.96. The van der Waals surface area contributed by atoms with Gasteiger partial charge in [-0.15, -0.1) is 0 Å². The van der Waals surface area contributed by atoms with E-state index in [4.69, 9.17) is 4.74 Å². The van der Waals surface area contributed by atoms with Gasteiger partial charge in [-0.3, -0.25) is 4.90 Å². The molecule has 1 saturated heterocycles. The molecule has 2 heteroatoms. The topological polar surface area (TPSA) is 12.5 Å². The first-order chi connectivity index (χ1) is 5.79. The van der Waals surface area contributed by atoms with E-state index >= 15 is 0 Å². The summed E-state index contributed by atoms with van der Waals surface area (Å²) in [6.07, 6.45) is 4.32. The molecule has 1 fully saturated rings. The molecule has 2 atom stereocenters. The Kier molecular flexibility index (Phi) is 4.02. The fraction of sp³-hybridized carbons (Fsp3) is 0.900. The predicted octanol–water partition coefficient (Wildman–Crippen LogP) is 2.06. The number of ether oxygens (including phenoxy) is 1. The Bertz CT molecular complexity index is 127. The Balaban J connectivity index is 2.46. The Labute approximate surface area is 75.9 Å². The molecule has 0 spiro atoms. The second-order valence-electron chi connectivity index (χ2n) is 3.50. The summed E-state index contributed by atoms with van der Waals surface area (Å²) in [4.78, 5) is 2.41. The second-order valence-corrected chi connectivity index (χ2v) is 3.50. The molecule has 2 unspecified atom stereocenters. The summed E-state index contributed by atoms with van der Waals surface area (Å²) in [5.74, 6) is 0. The number of piperidine rings is 1. The normalized spacial score (nSPS) is 28.8. The highest BCUT2D eigenvalue weighted by Crippen LogP contribution is 2.21. The van der Waals surface area contributed by atoms with Gasteiger partial charge < -0.3 is 4.74 Å². The minimum absolute atomic E-state index is 0.362. The van der Waals surface area contributed by atoms with Crippen LogP contribution in [0.5, 0.6) is 0 Å². The van der Waals surface area contributed by atoms with Crippen molar-refractivity contribution in [2.45, 2.75) is 45.3 Å². The molecule has 1 heterocycles. The van der Waals surface area contributed by atoms with Crippen LogP contribution < -0.4 is 0 Å². The Morgan fingerprint density at radius 2 is 2.25 bits per heavy atom. The maximum atomic E-state index is 5.36. The summed E-state index contributed by atoms with van der Waals surface area (Å²) in [5, 5.41) is 0. The first kappa shape index (κ1) is 10.0. The third-order valence-electron chi connectivity index (χ3n) is 2.84. The van der Waals surface area contributed by atoms with Crippen molar-refractivity contribution in [3.8, 4) is 0 Å². The highest BCUT2D eigenvalue weighted by Gasteiger charge is 2.25. The van der Waals surface area contributed by atoms with E-state index in [1.54, 1.807) is 7.11 Å². The first-order valence-corrected chi connectivity index (χ1v) is 4.87. The quantitative estimate of drug-likeness (QED) is 0.643. The second kappa shape index (κ2) is 4.83. The lowest BCUT2D eigenvalue weighted by Gasteiger charge is -2.37. The maximum Gasteiger partial charge on any atom is 0.0698 e. The van der Waals surface area contributed by atoms with Gasteiger partial charge in [0.2, 0.25) is 0 Å². The van der Waals surface area contributed by atoms with Gasteiger partial charge in [0.15, 0.2) is 0 Å². The minimum Gasteiger partial charge on any atom is -0.380 e. The van der Waals surface area contributed by atoms with Crippen molar-refractivity contribution in [3.05, 3.63) is 6.54 Å². The van der Waals surface area contributed by atoms with Crippen LogP contribution in [0.4, 0.5) is 0 Å². The van der Waals surface area contributed by atoms with Crippen molar-refractivity contribution >= 4 is 0 Å². The molecule has 0 amide bonds. The zero-order valence-corrected chi connectivity index (χ0v) is 8.42. The zero-order chi connectivity index (χ0) is 8.97. The van der Waals surface area contributed by atoms with Gasteiger partial charge >= 0.3 is 0 Å². The predicted molar refractivity (Wildman–Crippen MR) is 50.8 cm³/mol. The Morgan fingerprint density at radius 3 is 2.83 bits per heavy atom. The molecule has 12 heavy (non-hydrogen) atoms. The van der Waals surface area contributed by atoms with Crippen LogP contribution in [-0.4, -0.2) is 30.7 Å². The molecule has 0 aliphatic carbocycles. The van der Waals surface area contributed by atoms with Crippen molar-refractivity contribution in [1.29, 1.82) is 0 Å². The van der Waals surface area contributed by atoms with Crippen LogP contribution in [0, 0.1) is 6.54 Å². The highest BCUT2D eigenvalue weighted by atomic mass is 16.5. The molecule has 1 aliphatic rings. The molecule has 1 rings (SSSR count). The maximum absolute atomic E-state index is 5.36. The lowest BCUT2D eigenvalue weighted by atomic mass is 9.98. The summed E-state index contributed by atoms with van der Waals surface area (Å²) >= 11 is 0. The van der Waals surface area contributed by atoms with Crippen LogP contribution in [0.25, 0.3) is 0 Å². The van der Waals surface area contributed by atoms with Gasteiger partial charge in [0.05, 0.1) is 6.10 Å². The van der Waals surface area contributed by atoms with Crippen LogP contribution in [0.2, 0.25) is 0 Å². The summed E-state index contributed by atoms with van der Waals surface area (Å²) in [7, 11) is 1.80. The van der Waals surface area contributed by atoms with Crippen molar-refractivity contribution in [3.63, 3.8) is 0 Å². The van der Waals surface area contributed by atoms with Crippen LogP contribution in [0.3, 0.4) is 0 Å². The summed E-state index contributed by atoms with van der Waals surface area (Å²) in [6, 6.07) is 0.605. The van der Waals surface area contributed by atoms with Crippen molar-refractivity contribution in [1.82, 2.24) is 4.90 Å². The van der Waals surface area contributed by atoms with Gasteiger partial charge in [-0.05, 0) is 33.2 Å². The number of nitrogens with zero attached hydrogens (tertiary/aromatic N) is 1. The van der Waals surface area contributed by atoms with E-state index < -0.39 is 0 Å². The fourth-order valence-corrected chi connectivity index (χ4v) is 1.96. The molecule has 0 aromatic carbocycles. The zero-order valence-electron chi connectivity index (χ0n) is 8.42. The molecule has 0 saturated carbocycles. The molecular formula is C10H20NO. The van der Waals surface area contributed by atoms with Gasteiger partial charge in [0.25, 0.3) is 0 Å². The first-order valence-electron chi connectivity index (χ1n) is 4.87. The Morgan fingerprint density at radius 1 is 1.50 bits per heavy atom. The van der Waals surface area contributed by atoms with E-state index in [0.717, 1.165) is 0 Å². The molecule has 0 aromatic heterocycles. The van der Waals surface area contributed by atoms with Gasteiger partial charge in [-0.25, -0.2) is 0 Å². The number of rotatable bonds is 3. The van der Waals surface area contributed by atoms with Gasteiger partial charge in [-0.1, -0.05) is 6.42 Å². The van der Waals surface area contributed by atoms with Gasteiger partial charge in [0.1, 0.15) is 0 Å². The van der Waals surface area contributed by atoms with Crippen molar-refractivity contribution < 1.29 is 4.74 Å². The smallest absolute Gasteiger partial charge is 0.0698 e. The SMILES string of the molecule is C[CH]N1CCCCC1C(C)OC. The molecule has 71 valence electrons. The average Bonchev–Trinajstić information content (AvgIpc) is 2.16. The van der Waals surface area contributed by atoms with E-state index in [9.17, 15) is 0 Å². The molecule has 1 aliphatic heterocycles. The van der Waals surface area contributed by atoms with Gasteiger partial charge in [0, 0.05) is 19.7 Å². The molecule has 0 bridgehead atoms. The van der Waals surface area contributed by atoms with Crippen molar-refractivity contribution in [2.75, 3.05) is 13.7 Å².